The summed E-state index contributed by atoms with van der Waals surface area (Å²) in [6.45, 7) is 2.18. The van der Waals surface area contributed by atoms with Crippen LogP contribution in [0.15, 0.2) is 48.5 Å². The van der Waals surface area contributed by atoms with Crippen molar-refractivity contribution >= 4 is 5.97 Å². The molecule has 166 valence electrons. The number of fused-ring (bicyclic) bond motifs is 5. The van der Waals surface area contributed by atoms with E-state index in [0.717, 1.165) is 43.6 Å². The molecule has 5 rings (SSSR count). The first-order valence-corrected chi connectivity index (χ1v) is 11.6. The smallest absolute Gasteiger partial charge is 0.384 e. The summed E-state index contributed by atoms with van der Waals surface area (Å²) in [4.78, 5) is 11.6. The number of carbonyl (C=O) groups is 1. The summed E-state index contributed by atoms with van der Waals surface area (Å²) in [6.07, 6.45) is 5.67. The molecule has 0 aromatic heterocycles. The molecule has 1 N–H and O–H groups in total. The first kappa shape index (κ1) is 21.1. The lowest BCUT2D eigenvalue weighted by Crippen LogP contribution is -2.50. The Morgan fingerprint density at radius 1 is 1.06 bits per heavy atom. The minimum Gasteiger partial charge on any atom is -0.459 e. The fourth-order valence-corrected chi connectivity index (χ4v) is 6.67. The van der Waals surface area contributed by atoms with Gasteiger partial charge in [0.2, 0.25) is 0 Å². The van der Waals surface area contributed by atoms with Crippen LogP contribution < -0.4 is 4.74 Å². The topological polar surface area (TPSA) is 55.8 Å². The zero-order chi connectivity index (χ0) is 22.3. The second-order valence-electron chi connectivity index (χ2n) is 9.79. The molecule has 5 atom stereocenters. The summed E-state index contributed by atoms with van der Waals surface area (Å²) in [6, 6.07) is 16.5. The van der Waals surface area contributed by atoms with Crippen LogP contribution in [0.4, 0.5) is 0 Å². The minimum atomic E-state index is -1.12. The zero-order valence-corrected chi connectivity index (χ0v) is 18.8. The Bertz CT molecular complexity index is 1080. The van der Waals surface area contributed by atoms with Gasteiger partial charge in [-0.2, -0.15) is 0 Å². The van der Waals surface area contributed by atoms with Crippen molar-refractivity contribution in [3.05, 3.63) is 59.7 Å². The fraction of sp³-hybridized carbons (Fsp3) is 0.464. The molecule has 32 heavy (non-hydrogen) atoms. The maximum atomic E-state index is 11.6. The minimum absolute atomic E-state index is 0.289. The van der Waals surface area contributed by atoms with E-state index in [1.165, 1.54) is 18.2 Å². The number of benzene rings is 2. The Morgan fingerprint density at radius 2 is 1.88 bits per heavy atom. The van der Waals surface area contributed by atoms with E-state index >= 15 is 0 Å². The largest absolute Gasteiger partial charge is 0.459 e. The van der Waals surface area contributed by atoms with Crippen LogP contribution >= 0.6 is 0 Å². The number of para-hydroxylation sites is 1. The third-order valence-corrected chi connectivity index (χ3v) is 8.39. The summed E-state index contributed by atoms with van der Waals surface area (Å²) in [5, 5.41) is 11.5. The Morgan fingerprint density at radius 3 is 2.66 bits per heavy atom. The molecule has 2 saturated carbocycles. The predicted molar refractivity (Wildman–Crippen MR) is 122 cm³/mol. The Hall–Kier alpha value is -2.77. The Labute approximate surface area is 189 Å². The van der Waals surface area contributed by atoms with Gasteiger partial charge in [-0.05, 0) is 91.7 Å². The van der Waals surface area contributed by atoms with Crippen LogP contribution in [0, 0.1) is 29.1 Å². The fourth-order valence-electron chi connectivity index (χ4n) is 6.67. The van der Waals surface area contributed by atoms with E-state index in [9.17, 15) is 9.90 Å². The quantitative estimate of drug-likeness (QED) is 0.402. The molecule has 3 aliphatic carbocycles. The molecule has 3 aliphatic rings. The first-order valence-electron chi connectivity index (χ1n) is 11.6. The molecule has 0 amide bonds. The summed E-state index contributed by atoms with van der Waals surface area (Å²) >= 11 is 0. The molecule has 0 saturated heterocycles. The van der Waals surface area contributed by atoms with Crippen molar-refractivity contribution in [2.45, 2.75) is 57.0 Å². The maximum absolute atomic E-state index is 11.6. The van der Waals surface area contributed by atoms with Gasteiger partial charge in [-0.3, -0.25) is 0 Å². The second kappa shape index (κ2) is 7.98. The van der Waals surface area contributed by atoms with E-state index in [-0.39, 0.29) is 5.41 Å². The molecule has 2 aromatic carbocycles. The van der Waals surface area contributed by atoms with Gasteiger partial charge >= 0.3 is 5.97 Å². The van der Waals surface area contributed by atoms with Gasteiger partial charge in [-0.15, -0.1) is 0 Å². The van der Waals surface area contributed by atoms with Gasteiger partial charge in [0.1, 0.15) is 17.1 Å². The molecule has 4 nitrogen and oxygen atoms in total. The highest BCUT2D eigenvalue weighted by molar-refractivity contribution is 5.88. The molecule has 0 radical (unpaired) electrons. The second-order valence-corrected chi connectivity index (χ2v) is 9.79. The highest BCUT2D eigenvalue weighted by Crippen LogP contribution is 2.64. The Kier molecular flexibility index (Phi) is 5.26. The van der Waals surface area contributed by atoms with Crippen molar-refractivity contribution in [2.24, 2.45) is 17.3 Å². The lowest BCUT2D eigenvalue weighted by molar-refractivity contribution is -0.133. The molecule has 0 aliphatic heterocycles. The molecule has 2 aromatic rings. The lowest BCUT2D eigenvalue weighted by atomic mass is 9.53. The van der Waals surface area contributed by atoms with Crippen molar-refractivity contribution < 1.29 is 19.4 Å². The molecule has 2 fully saturated rings. The van der Waals surface area contributed by atoms with Gasteiger partial charge in [0, 0.05) is 11.3 Å². The van der Waals surface area contributed by atoms with Crippen molar-refractivity contribution in [3.63, 3.8) is 0 Å². The van der Waals surface area contributed by atoms with E-state index in [4.69, 9.17) is 4.74 Å². The van der Waals surface area contributed by atoms with Gasteiger partial charge in [0.25, 0.3) is 0 Å². The molecular formula is C28H30O4. The zero-order valence-electron chi connectivity index (χ0n) is 18.8. The van der Waals surface area contributed by atoms with Crippen LogP contribution in [0.25, 0.3) is 0 Å². The van der Waals surface area contributed by atoms with Gasteiger partial charge < -0.3 is 14.6 Å². The van der Waals surface area contributed by atoms with Crippen LogP contribution in [0.2, 0.25) is 0 Å². The lowest BCUT2D eigenvalue weighted by Gasteiger charge is -2.52. The molecule has 4 heteroatoms. The van der Waals surface area contributed by atoms with Crippen LogP contribution in [-0.2, 0) is 16.0 Å². The summed E-state index contributed by atoms with van der Waals surface area (Å²) in [7, 11) is 1.32. The monoisotopic (exact) mass is 430 g/mol. The highest BCUT2D eigenvalue weighted by atomic mass is 16.5. The number of hydrogen-bond donors (Lipinski definition) is 1. The van der Waals surface area contributed by atoms with Gasteiger partial charge in [-0.1, -0.05) is 37.1 Å². The highest BCUT2D eigenvalue weighted by Gasteiger charge is 2.61. The average Bonchev–Trinajstić information content (AvgIpc) is 3.09. The van der Waals surface area contributed by atoms with Crippen molar-refractivity contribution in [1.82, 2.24) is 0 Å². The number of aliphatic hydroxyl groups is 1. The normalized spacial score (nSPS) is 32.5. The van der Waals surface area contributed by atoms with E-state index in [2.05, 4.69) is 41.7 Å². The molecular weight excluding hydrogens is 400 g/mol. The third kappa shape index (κ3) is 3.40. The molecule has 0 spiro atoms. The molecule has 0 unspecified atom stereocenters. The van der Waals surface area contributed by atoms with Crippen LogP contribution in [-0.4, -0.2) is 23.8 Å². The average molecular weight is 431 g/mol. The van der Waals surface area contributed by atoms with E-state index in [1.54, 1.807) is 0 Å². The molecule has 0 bridgehead atoms. The van der Waals surface area contributed by atoms with E-state index in [0.29, 0.717) is 24.2 Å². The summed E-state index contributed by atoms with van der Waals surface area (Å²) < 4.78 is 10.7. The number of aryl methyl sites for hydroxylation is 1. The van der Waals surface area contributed by atoms with E-state index in [1.807, 2.05) is 30.3 Å². The standard InChI is InChI=1S/C28H30O4/c1-27-15-12-23-22-11-9-21(32-20-6-4-3-5-7-20)18-19(22)8-10-24(23)25(27)13-16-28(27,30)17-14-26(29)31-2/h3-7,9,11,18,23-25,30H,8,10,12-13,15-16H2,1-2H3/t23-,24-,25+,27+,28-/m1/s1. The van der Waals surface area contributed by atoms with Crippen molar-refractivity contribution in [3.8, 4) is 23.3 Å². The SMILES string of the molecule is COC(=O)C#C[C@]1(O)CC[C@H]2[C@@H]3CCc4cc(Oc5ccccc5)ccc4[C@H]3CC[C@@]21C. The number of carbonyl (C=O) groups excluding carboxylic acids is 1. The van der Waals surface area contributed by atoms with E-state index < -0.39 is 11.6 Å². The Balaban J connectivity index is 1.38. The number of hydrogen-bond acceptors (Lipinski definition) is 4. The maximum Gasteiger partial charge on any atom is 0.384 e. The van der Waals surface area contributed by atoms with Crippen LogP contribution in [0.1, 0.15) is 56.1 Å². The number of rotatable bonds is 2. The van der Waals surface area contributed by atoms with Crippen LogP contribution in [0.3, 0.4) is 0 Å². The van der Waals surface area contributed by atoms with Gasteiger partial charge in [0.05, 0.1) is 7.11 Å². The van der Waals surface area contributed by atoms with Crippen molar-refractivity contribution in [2.75, 3.05) is 7.11 Å². The number of methoxy groups -OCH3 is 1. The van der Waals surface area contributed by atoms with Crippen molar-refractivity contribution in [1.29, 1.82) is 0 Å². The van der Waals surface area contributed by atoms with Gasteiger partial charge in [0.15, 0.2) is 0 Å². The predicted octanol–water partition coefficient (Wildman–Crippen LogP) is 5.24. The molecule has 0 heterocycles. The first-order chi connectivity index (χ1) is 15.4. The number of ether oxygens (including phenoxy) is 2. The summed E-state index contributed by atoms with van der Waals surface area (Å²) in [5.41, 5.74) is 1.43. The number of esters is 1. The summed E-state index contributed by atoms with van der Waals surface area (Å²) in [5.74, 6) is 8.04. The van der Waals surface area contributed by atoms with Crippen LogP contribution in [0.5, 0.6) is 11.5 Å². The third-order valence-electron chi connectivity index (χ3n) is 8.39. The van der Waals surface area contributed by atoms with Gasteiger partial charge in [-0.25, -0.2) is 4.79 Å².